The lowest BCUT2D eigenvalue weighted by molar-refractivity contribution is -0.139. The summed E-state index contributed by atoms with van der Waals surface area (Å²) >= 11 is 0. The molecule has 4 N–H and O–H groups in total. The van der Waals surface area contributed by atoms with Gasteiger partial charge in [-0.05, 0) is 55.0 Å². The fraction of sp³-hybridized carbons (Fsp3) is 0.208. The Kier molecular flexibility index (Phi) is 8.20. The van der Waals surface area contributed by atoms with Gasteiger partial charge in [-0.2, -0.15) is 13.2 Å². The second kappa shape index (κ2) is 11.3. The zero-order valence-corrected chi connectivity index (χ0v) is 19.0. The number of nitrogens with one attached hydrogen (secondary N) is 4. The molecule has 0 aliphatic carbocycles. The molecule has 1 heterocycles. The van der Waals surface area contributed by atoms with Gasteiger partial charge in [-0.1, -0.05) is 6.07 Å². The highest BCUT2D eigenvalue weighted by Crippen LogP contribution is 2.38. The van der Waals surface area contributed by atoms with Gasteiger partial charge in [0.15, 0.2) is 5.84 Å². The maximum Gasteiger partial charge on any atom is 0.419 e. The van der Waals surface area contributed by atoms with Gasteiger partial charge in [-0.25, -0.2) is 5.53 Å². The van der Waals surface area contributed by atoms with Crippen molar-refractivity contribution in [2.24, 2.45) is 5.11 Å². The number of alkyl halides is 3. The third-order valence-corrected chi connectivity index (χ3v) is 5.04. The average Bonchev–Trinajstić information content (AvgIpc) is 3.35. The summed E-state index contributed by atoms with van der Waals surface area (Å²) in [6.07, 6.45) is -2.49. The van der Waals surface area contributed by atoms with Crippen LogP contribution >= 0.6 is 0 Å². The Morgan fingerprint density at radius 1 is 1.11 bits per heavy atom. The molecule has 1 atom stereocenters. The summed E-state index contributed by atoms with van der Waals surface area (Å²) in [5.41, 5.74) is 7.34. The standard InChI is InChI=1S/C24H22F3N5O4/c1-14(30-21(33)11-22(34)31-18-5-2-16(3-6-18)23(28)32-29)17-4-7-20(19(10-17)24(25,26)27)36-13-15-8-9-35-12-15/h2-10,12,14,28-29H,11,13H2,1H3,(H,30,33)(H,31,34). The monoisotopic (exact) mass is 501 g/mol. The van der Waals surface area contributed by atoms with Gasteiger partial charge >= 0.3 is 6.18 Å². The van der Waals surface area contributed by atoms with Crippen LogP contribution < -0.4 is 15.4 Å². The van der Waals surface area contributed by atoms with Crippen LogP contribution in [0.2, 0.25) is 0 Å². The summed E-state index contributed by atoms with van der Waals surface area (Å²) in [6.45, 7) is 1.40. The molecule has 1 aromatic heterocycles. The third-order valence-electron chi connectivity index (χ3n) is 5.04. The van der Waals surface area contributed by atoms with Gasteiger partial charge in [0.1, 0.15) is 18.8 Å². The van der Waals surface area contributed by atoms with Crippen molar-refractivity contribution >= 4 is 23.3 Å². The molecule has 1 unspecified atom stereocenters. The molecular weight excluding hydrogens is 479 g/mol. The van der Waals surface area contributed by atoms with E-state index in [1.165, 1.54) is 55.8 Å². The first-order valence-corrected chi connectivity index (χ1v) is 10.6. The molecule has 188 valence electrons. The average molecular weight is 501 g/mol. The molecule has 0 spiro atoms. The zero-order chi connectivity index (χ0) is 26.3. The molecular formula is C24H22F3N5O4. The molecule has 0 radical (unpaired) electrons. The molecule has 0 fully saturated rings. The van der Waals surface area contributed by atoms with Crippen molar-refractivity contribution in [2.75, 3.05) is 5.32 Å². The number of rotatable bonds is 9. The molecule has 3 rings (SSSR count). The molecule has 2 aromatic carbocycles. The van der Waals surface area contributed by atoms with Crippen LogP contribution in [-0.2, 0) is 22.4 Å². The summed E-state index contributed by atoms with van der Waals surface area (Å²) in [6, 6.07) is 10.2. The summed E-state index contributed by atoms with van der Waals surface area (Å²) < 4.78 is 51.1. The number of benzene rings is 2. The number of amides is 2. The normalized spacial score (nSPS) is 11.9. The zero-order valence-electron chi connectivity index (χ0n) is 19.0. The highest BCUT2D eigenvalue weighted by Gasteiger charge is 2.35. The van der Waals surface area contributed by atoms with Gasteiger partial charge in [-0.15, -0.1) is 5.11 Å². The van der Waals surface area contributed by atoms with Gasteiger partial charge in [0.05, 0.1) is 24.1 Å². The van der Waals surface area contributed by atoms with E-state index < -0.39 is 36.0 Å². The van der Waals surface area contributed by atoms with E-state index in [1.54, 1.807) is 6.07 Å². The first-order chi connectivity index (χ1) is 17.1. The van der Waals surface area contributed by atoms with E-state index in [2.05, 4.69) is 15.7 Å². The van der Waals surface area contributed by atoms with E-state index in [1.807, 2.05) is 0 Å². The van der Waals surface area contributed by atoms with Gasteiger partial charge in [0, 0.05) is 16.8 Å². The minimum Gasteiger partial charge on any atom is -0.488 e. The van der Waals surface area contributed by atoms with Gasteiger partial charge in [0.25, 0.3) is 0 Å². The summed E-state index contributed by atoms with van der Waals surface area (Å²) in [5, 5.41) is 15.5. The number of halogens is 3. The van der Waals surface area contributed by atoms with Crippen LogP contribution in [-0.4, -0.2) is 17.6 Å². The van der Waals surface area contributed by atoms with Gasteiger partial charge < -0.3 is 19.8 Å². The number of hydrogen-bond donors (Lipinski definition) is 4. The van der Waals surface area contributed by atoms with Crippen LogP contribution in [0.15, 0.2) is 70.6 Å². The molecule has 9 nitrogen and oxygen atoms in total. The van der Waals surface area contributed by atoms with E-state index in [0.29, 0.717) is 16.8 Å². The Balaban J connectivity index is 1.60. The molecule has 0 saturated heterocycles. The lowest BCUT2D eigenvalue weighted by Crippen LogP contribution is -2.30. The van der Waals surface area contributed by atoms with E-state index in [-0.39, 0.29) is 23.8 Å². The minimum absolute atomic E-state index is 0.106. The number of ether oxygens (including phenoxy) is 1. The van der Waals surface area contributed by atoms with Crippen LogP contribution in [0, 0.1) is 10.9 Å². The maximum absolute atomic E-state index is 13.6. The lowest BCUT2D eigenvalue weighted by Gasteiger charge is -2.19. The number of carbonyl (C=O) groups excluding carboxylic acids is 2. The number of amidine groups is 1. The van der Waals surface area contributed by atoms with Crippen molar-refractivity contribution in [3.63, 3.8) is 0 Å². The number of nitrogens with zero attached hydrogens (tertiary/aromatic N) is 1. The van der Waals surface area contributed by atoms with E-state index in [0.717, 1.165) is 6.07 Å². The Hall–Kier alpha value is -4.48. The minimum atomic E-state index is -4.69. The molecule has 0 aliphatic heterocycles. The van der Waals surface area contributed by atoms with Gasteiger partial charge in [0.2, 0.25) is 11.8 Å². The highest BCUT2D eigenvalue weighted by atomic mass is 19.4. The molecule has 0 aliphatic rings. The van der Waals surface area contributed by atoms with Crippen molar-refractivity contribution in [3.05, 3.63) is 83.3 Å². The quantitative estimate of drug-likeness (QED) is 0.134. The smallest absolute Gasteiger partial charge is 0.419 e. The predicted molar refractivity (Wildman–Crippen MR) is 123 cm³/mol. The van der Waals surface area contributed by atoms with Crippen molar-refractivity contribution in [3.8, 4) is 5.75 Å². The largest absolute Gasteiger partial charge is 0.488 e. The van der Waals surface area contributed by atoms with Crippen molar-refractivity contribution in [1.29, 1.82) is 10.9 Å². The van der Waals surface area contributed by atoms with E-state index in [9.17, 15) is 22.8 Å². The fourth-order valence-electron chi connectivity index (χ4n) is 3.20. The summed E-state index contributed by atoms with van der Waals surface area (Å²) in [7, 11) is 0. The third kappa shape index (κ3) is 7.01. The topological polar surface area (TPSA) is 141 Å². The van der Waals surface area contributed by atoms with Crippen LogP contribution in [0.3, 0.4) is 0 Å². The van der Waals surface area contributed by atoms with Crippen LogP contribution in [0.1, 0.15) is 41.6 Å². The highest BCUT2D eigenvalue weighted by molar-refractivity contribution is 6.04. The van der Waals surface area contributed by atoms with Crippen molar-refractivity contribution < 1.29 is 31.9 Å². The Bertz CT molecular complexity index is 1240. The molecule has 36 heavy (non-hydrogen) atoms. The summed E-state index contributed by atoms with van der Waals surface area (Å²) in [4.78, 5) is 24.5. The summed E-state index contributed by atoms with van der Waals surface area (Å²) in [5.74, 6) is -1.91. The van der Waals surface area contributed by atoms with E-state index in [4.69, 9.17) is 20.1 Å². The van der Waals surface area contributed by atoms with Crippen LogP contribution in [0.5, 0.6) is 5.75 Å². The number of anilines is 1. The SMILES string of the molecule is CC(NC(=O)CC(=O)Nc1ccc(C(=N)N=N)cc1)c1ccc(OCc2ccoc2)c(C(F)(F)F)c1. The van der Waals surface area contributed by atoms with Crippen LogP contribution in [0.4, 0.5) is 18.9 Å². The first-order valence-electron chi connectivity index (χ1n) is 10.6. The number of hydrogen-bond acceptors (Lipinski definition) is 6. The Morgan fingerprint density at radius 3 is 2.44 bits per heavy atom. The van der Waals surface area contributed by atoms with Crippen molar-refractivity contribution in [2.45, 2.75) is 32.2 Å². The fourth-order valence-corrected chi connectivity index (χ4v) is 3.20. The molecule has 3 aromatic rings. The first kappa shape index (κ1) is 26.1. The lowest BCUT2D eigenvalue weighted by atomic mass is 10.0. The second-order valence-corrected chi connectivity index (χ2v) is 7.73. The molecule has 2 amide bonds. The van der Waals surface area contributed by atoms with Crippen LogP contribution in [0.25, 0.3) is 0 Å². The number of furan rings is 1. The predicted octanol–water partition coefficient (Wildman–Crippen LogP) is 5.44. The van der Waals surface area contributed by atoms with Crippen molar-refractivity contribution in [1.82, 2.24) is 5.32 Å². The maximum atomic E-state index is 13.6. The number of carbonyl (C=O) groups is 2. The second-order valence-electron chi connectivity index (χ2n) is 7.73. The Morgan fingerprint density at radius 2 is 1.83 bits per heavy atom. The van der Waals surface area contributed by atoms with E-state index >= 15 is 0 Å². The molecule has 12 heteroatoms. The van der Waals surface area contributed by atoms with Gasteiger partial charge in [-0.3, -0.25) is 15.0 Å². The molecule has 0 bridgehead atoms. The Labute approximate surface area is 203 Å². The molecule has 0 saturated carbocycles.